The van der Waals surface area contributed by atoms with Gasteiger partial charge in [-0.15, -0.1) is 0 Å². The van der Waals surface area contributed by atoms with Gasteiger partial charge >= 0.3 is 5.97 Å². The fourth-order valence-electron chi connectivity index (χ4n) is 13.7. The Labute approximate surface area is 595 Å². The maximum absolute atomic E-state index is 12.6. The van der Waals surface area contributed by atoms with E-state index in [1.54, 1.807) is 6.08 Å². The van der Waals surface area contributed by atoms with Gasteiger partial charge in [0.05, 0.1) is 25.4 Å². The number of esters is 1. The fraction of sp³-hybridized carbons (Fsp3) is 0.888. The van der Waals surface area contributed by atoms with Crippen molar-refractivity contribution < 1.29 is 24.5 Å². The number of nitrogens with one attached hydrogen (secondary N) is 1. The average Bonchev–Trinajstić information content (AvgIpc) is 2.95. The zero-order valence-corrected chi connectivity index (χ0v) is 64.4. The van der Waals surface area contributed by atoms with Crippen LogP contribution in [-0.4, -0.2) is 47.4 Å². The number of carbonyl (C=O) groups excluding carboxylic acids is 2. The third kappa shape index (κ3) is 80.7. The Bertz CT molecular complexity index is 1590. The lowest BCUT2D eigenvalue weighted by molar-refractivity contribution is -0.143. The Kier molecular flexibility index (Phi) is 82.3. The first-order valence-electron chi connectivity index (χ1n) is 43.4. The molecule has 0 rings (SSSR count). The number of carbonyl (C=O) groups is 2. The Hall–Kier alpha value is -2.18. The SMILES string of the molecule is CCCCC/C=C\C/C=C\CCCCCCCC(=O)OCCCCCCCCCCCCCCCCCCCC/C=C\CCCCCCCCCCCCCCCCCCCC(=O)NC(CO)C(O)/C=C/CCCCCCCCCCCCCCCCCCCCCCCC. The highest BCUT2D eigenvalue weighted by Crippen LogP contribution is 2.20. The second-order valence-corrected chi connectivity index (χ2v) is 29.9. The first-order valence-corrected chi connectivity index (χ1v) is 43.4. The van der Waals surface area contributed by atoms with Crippen molar-refractivity contribution in [2.24, 2.45) is 0 Å². The van der Waals surface area contributed by atoms with Crippen molar-refractivity contribution in [3.63, 3.8) is 0 Å². The Morgan fingerprint density at radius 1 is 0.295 bits per heavy atom. The Morgan fingerprint density at radius 2 is 0.526 bits per heavy atom. The standard InChI is InChI=1S/C89H169NO5/c1-3-5-7-9-11-13-15-17-19-20-21-22-23-41-44-47-50-54-57-61-65-69-73-77-81-87(92)86(85-91)90-88(93)82-78-74-70-66-62-58-55-51-48-45-42-39-37-35-33-31-29-27-25-24-26-28-30-32-34-36-38-40-43-46-49-52-56-60-64-68-72-76-80-84-95-89(94)83-79-75-71-67-63-59-53-18-16-14-12-10-8-6-4-2/h12,14,18,24-25,53,77,81,86-87,91-92H,3-11,13,15-17,19-23,26-52,54-76,78-80,82-85H2,1-2H3,(H,90,93)/b14-12-,25-24-,53-18-,81-77+. The molecule has 0 spiro atoms. The van der Waals surface area contributed by atoms with Gasteiger partial charge in [0, 0.05) is 12.8 Å². The van der Waals surface area contributed by atoms with E-state index in [0.29, 0.717) is 19.4 Å². The normalized spacial score (nSPS) is 12.7. The topological polar surface area (TPSA) is 95.9 Å². The monoisotopic (exact) mass is 1330 g/mol. The molecule has 3 N–H and O–H groups in total. The fourth-order valence-corrected chi connectivity index (χ4v) is 13.7. The van der Waals surface area contributed by atoms with Crippen molar-refractivity contribution in [3.8, 4) is 0 Å². The van der Waals surface area contributed by atoms with E-state index in [2.05, 4.69) is 55.6 Å². The number of unbranched alkanes of at least 4 members (excludes halogenated alkanes) is 65. The lowest BCUT2D eigenvalue weighted by Crippen LogP contribution is -2.45. The number of rotatable bonds is 82. The van der Waals surface area contributed by atoms with Crippen LogP contribution in [0.3, 0.4) is 0 Å². The van der Waals surface area contributed by atoms with Gasteiger partial charge in [-0.2, -0.15) is 0 Å². The number of hydrogen-bond acceptors (Lipinski definition) is 5. The van der Waals surface area contributed by atoms with E-state index in [9.17, 15) is 19.8 Å². The first kappa shape index (κ1) is 92.8. The molecule has 0 aliphatic carbocycles. The van der Waals surface area contributed by atoms with Gasteiger partial charge in [-0.1, -0.05) is 428 Å². The van der Waals surface area contributed by atoms with Gasteiger partial charge in [-0.05, 0) is 89.9 Å². The Balaban J connectivity index is 3.35. The molecule has 0 aliphatic rings. The summed E-state index contributed by atoms with van der Waals surface area (Å²) >= 11 is 0. The van der Waals surface area contributed by atoms with Crippen LogP contribution in [0.1, 0.15) is 483 Å². The minimum atomic E-state index is -0.844. The first-order chi connectivity index (χ1) is 47.0. The van der Waals surface area contributed by atoms with E-state index in [4.69, 9.17) is 4.74 Å². The highest BCUT2D eigenvalue weighted by molar-refractivity contribution is 5.76. The zero-order valence-electron chi connectivity index (χ0n) is 64.4. The van der Waals surface area contributed by atoms with E-state index in [1.807, 2.05) is 6.08 Å². The molecule has 560 valence electrons. The van der Waals surface area contributed by atoms with Crippen molar-refractivity contribution in [2.45, 2.75) is 495 Å². The largest absolute Gasteiger partial charge is 0.466 e. The summed E-state index contributed by atoms with van der Waals surface area (Å²) in [5.41, 5.74) is 0. The maximum Gasteiger partial charge on any atom is 0.305 e. The van der Waals surface area contributed by atoms with Gasteiger partial charge in [-0.3, -0.25) is 9.59 Å². The van der Waals surface area contributed by atoms with E-state index in [-0.39, 0.29) is 18.5 Å². The van der Waals surface area contributed by atoms with Crippen molar-refractivity contribution >= 4 is 11.9 Å². The van der Waals surface area contributed by atoms with E-state index in [0.717, 1.165) is 51.4 Å². The minimum absolute atomic E-state index is 0.00881. The molecule has 0 saturated carbocycles. The molecule has 1 amide bonds. The van der Waals surface area contributed by atoms with Crippen molar-refractivity contribution in [2.75, 3.05) is 13.2 Å². The molecule has 95 heavy (non-hydrogen) atoms. The lowest BCUT2D eigenvalue weighted by atomic mass is 10.0. The summed E-state index contributed by atoms with van der Waals surface area (Å²) < 4.78 is 5.50. The molecule has 0 bridgehead atoms. The van der Waals surface area contributed by atoms with Crippen molar-refractivity contribution in [1.82, 2.24) is 5.32 Å². The summed E-state index contributed by atoms with van der Waals surface area (Å²) in [4.78, 5) is 24.7. The summed E-state index contributed by atoms with van der Waals surface area (Å²) in [5, 5.41) is 23.3. The van der Waals surface area contributed by atoms with Crippen LogP contribution in [0.15, 0.2) is 48.6 Å². The second-order valence-electron chi connectivity index (χ2n) is 29.9. The molecule has 0 aliphatic heterocycles. The number of allylic oxidation sites excluding steroid dienone is 7. The number of aliphatic hydroxyl groups is 2. The molecule has 0 radical (unpaired) electrons. The summed E-state index contributed by atoms with van der Waals surface area (Å²) in [6.07, 6.45) is 113. The highest BCUT2D eigenvalue weighted by Gasteiger charge is 2.18. The van der Waals surface area contributed by atoms with Crippen LogP contribution in [0.25, 0.3) is 0 Å². The third-order valence-electron chi connectivity index (χ3n) is 20.3. The third-order valence-corrected chi connectivity index (χ3v) is 20.3. The van der Waals surface area contributed by atoms with Gasteiger partial charge in [0.2, 0.25) is 5.91 Å². The van der Waals surface area contributed by atoms with Gasteiger partial charge < -0.3 is 20.3 Å². The van der Waals surface area contributed by atoms with Gasteiger partial charge in [0.25, 0.3) is 0 Å². The quantitative estimate of drug-likeness (QED) is 0.0320. The van der Waals surface area contributed by atoms with Crippen molar-refractivity contribution in [3.05, 3.63) is 48.6 Å². The summed E-state index contributed by atoms with van der Waals surface area (Å²) in [5.74, 6) is -0.0496. The summed E-state index contributed by atoms with van der Waals surface area (Å²) in [6.45, 7) is 4.92. The van der Waals surface area contributed by atoms with Crippen LogP contribution < -0.4 is 5.32 Å². The molecule has 0 saturated heterocycles. The summed E-state index contributed by atoms with van der Waals surface area (Å²) in [6, 6.07) is -0.627. The number of aliphatic hydroxyl groups excluding tert-OH is 2. The van der Waals surface area contributed by atoms with E-state index >= 15 is 0 Å². The van der Waals surface area contributed by atoms with Crippen LogP contribution in [0.2, 0.25) is 0 Å². The Morgan fingerprint density at radius 3 is 0.832 bits per heavy atom. The maximum atomic E-state index is 12.6. The zero-order chi connectivity index (χ0) is 68.4. The average molecular weight is 1330 g/mol. The molecule has 0 fully saturated rings. The van der Waals surface area contributed by atoms with Gasteiger partial charge in [0.1, 0.15) is 0 Å². The van der Waals surface area contributed by atoms with E-state index < -0.39 is 12.1 Å². The number of amides is 1. The van der Waals surface area contributed by atoms with Crippen molar-refractivity contribution in [1.29, 1.82) is 0 Å². The molecule has 2 unspecified atom stereocenters. The molecule has 6 heteroatoms. The predicted octanol–water partition coefficient (Wildman–Crippen LogP) is 29.1. The van der Waals surface area contributed by atoms with Crippen LogP contribution in [0.5, 0.6) is 0 Å². The molecular formula is C89H169NO5. The van der Waals surface area contributed by atoms with E-state index in [1.165, 1.54) is 405 Å². The van der Waals surface area contributed by atoms with Gasteiger partial charge in [-0.25, -0.2) is 0 Å². The number of ether oxygens (including phenoxy) is 1. The minimum Gasteiger partial charge on any atom is -0.466 e. The smallest absolute Gasteiger partial charge is 0.305 e. The van der Waals surface area contributed by atoms with Crippen LogP contribution in [0, 0.1) is 0 Å². The molecule has 0 heterocycles. The molecular weight excluding hydrogens is 1160 g/mol. The molecule has 6 nitrogen and oxygen atoms in total. The summed E-state index contributed by atoms with van der Waals surface area (Å²) in [7, 11) is 0. The lowest BCUT2D eigenvalue weighted by Gasteiger charge is -2.20. The highest BCUT2D eigenvalue weighted by atomic mass is 16.5. The number of hydrogen-bond donors (Lipinski definition) is 3. The van der Waals surface area contributed by atoms with Crippen LogP contribution >= 0.6 is 0 Å². The molecule has 0 aromatic rings. The second kappa shape index (κ2) is 84.2. The molecule has 0 aromatic heterocycles. The predicted molar refractivity (Wildman–Crippen MR) is 421 cm³/mol. The molecule has 0 aromatic carbocycles. The van der Waals surface area contributed by atoms with Gasteiger partial charge in [0.15, 0.2) is 0 Å². The van der Waals surface area contributed by atoms with Crippen LogP contribution in [0.4, 0.5) is 0 Å². The molecule has 2 atom stereocenters. The van der Waals surface area contributed by atoms with Crippen LogP contribution in [-0.2, 0) is 14.3 Å².